The molecule has 2 heterocycles. The molecule has 3 aromatic rings. The summed E-state index contributed by atoms with van der Waals surface area (Å²) >= 11 is 0. The molecule has 1 fully saturated rings. The number of alkyl halides is 2. The minimum atomic E-state index is -4.09. The smallest absolute Gasteiger partial charge is 0.395 e. The van der Waals surface area contributed by atoms with Crippen LogP contribution in [0.5, 0.6) is 11.5 Å². The second kappa shape index (κ2) is 8.77. The molecule has 5 rings (SSSR count). The number of nitrogens with zero attached hydrogens (tertiary/aromatic N) is 1. The number of benzene rings is 2. The van der Waals surface area contributed by atoms with Gasteiger partial charge in [0.15, 0.2) is 11.5 Å². The van der Waals surface area contributed by atoms with Crippen LogP contribution in [-0.2, 0) is 28.5 Å². The van der Waals surface area contributed by atoms with Crippen LogP contribution in [0, 0.1) is 5.82 Å². The van der Waals surface area contributed by atoms with Gasteiger partial charge in [0.2, 0.25) is 0 Å². The molecule has 0 spiro atoms. The quantitative estimate of drug-likeness (QED) is 0.408. The number of ether oxygens (including phenoxy) is 2. The van der Waals surface area contributed by atoms with E-state index in [1.807, 2.05) is 0 Å². The molecule has 1 unspecified atom stereocenters. The van der Waals surface area contributed by atoms with Gasteiger partial charge in [-0.3, -0.25) is 4.79 Å². The van der Waals surface area contributed by atoms with Crippen LogP contribution in [0.3, 0.4) is 0 Å². The number of aromatic nitrogens is 1. The van der Waals surface area contributed by atoms with Crippen LogP contribution >= 0.6 is 0 Å². The highest BCUT2D eigenvalue weighted by Gasteiger charge is 2.52. The second-order valence-electron chi connectivity index (χ2n) is 8.83. The van der Waals surface area contributed by atoms with Crippen LogP contribution in [0.25, 0.3) is 10.9 Å². The molecule has 2 aliphatic rings. The summed E-state index contributed by atoms with van der Waals surface area (Å²) < 4.78 is 159. The Bertz CT molecular complexity index is 1870. The highest BCUT2D eigenvalue weighted by Crippen LogP contribution is 2.52. The monoisotopic (exact) mass is 530 g/mol. The van der Waals surface area contributed by atoms with E-state index < -0.39 is 114 Å². The van der Waals surface area contributed by atoms with Crippen molar-refractivity contribution in [2.75, 3.05) is 6.56 Å². The van der Waals surface area contributed by atoms with Gasteiger partial charge in [0.05, 0.1) is 35.6 Å². The number of rotatable bonds is 9. The fourth-order valence-electron chi connectivity index (χ4n) is 4.19. The van der Waals surface area contributed by atoms with E-state index in [4.69, 9.17) is 17.8 Å². The summed E-state index contributed by atoms with van der Waals surface area (Å²) in [6, 6.07) is 5.13. The molecule has 0 amide bonds. The maximum Gasteiger partial charge on any atom is 0.586 e. The summed E-state index contributed by atoms with van der Waals surface area (Å²) in [4.78, 5) is 13.9. The van der Waals surface area contributed by atoms with Gasteiger partial charge in [-0.15, -0.1) is 8.78 Å². The molecule has 198 valence electrons. The molecule has 1 saturated carbocycles. The van der Waals surface area contributed by atoms with Crippen LogP contribution in [0.2, 0.25) is 0 Å². The molecule has 37 heavy (non-hydrogen) atoms. The van der Waals surface area contributed by atoms with Gasteiger partial charge in [-0.05, 0) is 60.6 Å². The van der Waals surface area contributed by atoms with Crippen molar-refractivity contribution in [2.24, 2.45) is 0 Å². The van der Waals surface area contributed by atoms with E-state index >= 15 is 4.39 Å². The number of halogens is 3. The first-order chi connectivity index (χ1) is 22.3. The molecular weight excluding hydrogens is 487 g/mol. The maximum atomic E-state index is 16.0. The zero-order chi connectivity index (χ0) is 38.2. The number of hydrogen-bond donors (Lipinski definition) is 2. The van der Waals surface area contributed by atoms with Gasteiger partial charge in [0, 0.05) is 35.3 Å². The number of aliphatic hydroxyl groups excluding tert-OH is 1. The second-order valence-corrected chi connectivity index (χ2v) is 8.83. The number of Topliss-reactive ketones (excluding diaryl/α,β-unsaturated/α-hetero) is 1. The number of carbonyl (C=O) groups is 1. The number of ketones is 1. The van der Waals surface area contributed by atoms with E-state index in [1.165, 1.54) is 0 Å². The van der Waals surface area contributed by atoms with Gasteiger partial charge < -0.3 is 24.3 Å². The third-order valence-corrected chi connectivity index (χ3v) is 6.33. The van der Waals surface area contributed by atoms with Gasteiger partial charge in [-0.25, -0.2) is 4.39 Å². The van der Waals surface area contributed by atoms with E-state index in [0.717, 1.165) is 44.2 Å². The van der Waals surface area contributed by atoms with Gasteiger partial charge in [-0.1, -0.05) is 26.8 Å². The van der Waals surface area contributed by atoms with Crippen molar-refractivity contribution in [1.82, 2.24) is 4.57 Å². The van der Waals surface area contributed by atoms with Crippen molar-refractivity contribution < 1.29 is 55.5 Å². The van der Waals surface area contributed by atoms with Crippen molar-refractivity contribution in [2.45, 2.75) is 76.0 Å². The fraction of sp³-hybridized carbons (Fsp3) is 0.464. The standard InChI is InChI=1S/C28H30F3NO5/c1-4-26(2,3)24-10-17-9-16(20(29)13-21(17)32(24)14-19(34)15-33)11-25(35)27(7-8-27)18-5-6-22-23(12-18)37-28(30,31)36-22/h5-6,9-10,12-13,19,33-34H,4,7-8,11,14-15H2,1-3H3/t19-/m1/s1/i2D3,4D2,7D2,8D2,14D2,15D2/t19-,26?. The lowest BCUT2D eigenvalue weighted by Crippen LogP contribution is -2.26. The number of hydrogen-bond acceptors (Lipinski definition) is 5. The molecule has 0 bridgehead atoms. The molecule has 0 saturated heterocycles. The fourth-order valence-corrected chi connectivity index (χ4v) is 4.19. The zero-order valence-corrected chi connectivity index (χ0v) is 19.4. The third-order valence-electron chi connectivity index (χ3n) is 6.33. The van der Waals surface area contributed by atoms with E-state index in [9.17, 15) is 23.8 Å². The third kappa shape index (κ3) is 4.48. The predicted molar refractivity (Wildman–Crippen MR) is 131 cm³/mol. The molecule has 1 aliphatic carbocycles. The van der Waals surface area contributed by atoms with Crippen LogP contribution < -0.4 is 9.47 Å². The molecule has 9 heteroatoms. The molecule has 2 N–H and O–H groups in total. The van der Waals surface area contributed by atoms with Crippen LogP contribution in [0.1, 0.15) is 74.5 Å². The van der Waals surface area contributed by atoms with Crippen LogP contribution in [0.4, 0.5) is 13.2 Å². The summed E-state index contributed by atoms with van der Waals surface area (Å²) in [7, 11) is 0. The van der Waals surface area contributed by atoms with E-state index in [-0.39, 0.29) is 5.39 Å². The van der Waals surface area contributed by atoms with E-state index in [2.05, 4.69) is 9.47 Å². The molecular formula is C28H30F3NO5. The lowest BCUT2D eigenvalue weighted by molar-refractivity contribution is -0.286. The summed E-state index contributed by atoms with van der Waals surface area (Å²) in [5.41, 5.74) is -7.59. The summed E-state index contributed by atoms with van der Waals surface area (Å²) in [6.07, 6.45) is -16.7. The Balaban J connectivity index is 1.70. The van der Waals surface area contributed by atoms with Gasteiger partial charge in [-0.2, -0.15) is 0 Å². The molecule has 0 radical (unpaired) electrons. The van der Waals surface area contributed by atoms with E-state index in [0.29, 0.717) is 10.6 Å². The Morgan fingerprint density at radius 3 is 2.65 bits per heavy atom. The Morgan fingerprint density at radius 2 is 2.00 bits per heavy atom. The Morgan fingerprint density at radius 1 is 1.27 bits per heavy atom. The van der Waals surface area contributed by atoms with Crippen LogP contribution in [-0.4, -0.2) is 39.5 Å². The Labute approximate surface area is 230 Å². The van der Waals surface area contributed by atoms with Crippen molar-refractivity contribution in [3.05, 3.63) is 59.0 Å². The molecule has 1 aliphatic heterocycles. The molecule has 6 nitrogen and oxygen atoms in total. The van der Waals surface area contributed by atoms with Crippen molar-refractivity contribution >= 4 is 16.7 Å². The molecule has 1 aromatic heterocycles. The lowest BCUT2D eigenvalue weighted by Gasteiger charge is -2.26. The molecule has 2 aromatic carbocycles. The number of aliphatic hydroxyl groups is 2. The van der Waals surface area contributed by atoms with E-state index in [1.54, 1.807) is 0 Å². The number of carbonyl (C=O) groups excluding carboxylic acids is 1. The van der Waals surface area contributed by atoms with Gasteiger partial charge in [0.25, 0.3) is 0 Å². The van der Waals surface area contributed by atoms with Gasteiger partial charge >= 0.3 is 6.29 Å². The normalized spacial score (nSPS) is 29.0. The minimum Gasteiger partial charge on any atom is -0.395 e. The zero-order valence-electron chi connectivity index (χ0n) is 32.4. The summed E-state index contributed by atoms with van der Waals surface area (Å²) in [5.74, 6) is -3.66. The number of fused-ring (bicyclic) bond motifs is 2. The summed E-state index contributed by atoms with van der Waals surface area (Å²) in [6.45, 7) is -8.61. The average molecular weight is 531 g/mol. The first-order valence-electron chi connectivity index (χ1n) is 17.5. The largest absolute Gasteiger partial charge is 0.586 e. The predicted octanol–water partition coefficient (Wildman–Crippen LogP) is 4.99. The SMILES string of the molecule is [2H]C([2H])(O)[C@H](O)C([2H])([2H])n1c(C(C)(C([2H])([2H])[2H])C([2H])([2H])C)cc2cc(CC(=O)C3(c4ccc5c(c4)OC(F)(F)O5)C([2H])([2H])C3([2H])[2H])c(F)cc21. The lowest BCUT2D eigenvalue weighted by atomic mass is 9.86. The van der Waals surface area contributed by atoms with Crippen molar-refractivity contribution in [1.29, 1.82) is 0 Å². The van der Waals surface area contributed by atoms with Crippen molar-refractivity contribution in [3.63, 3.8) is 0 Å². The summed E-state index contributed by atoms with van der Waals surface area (Å²) in [5, 5.41) is 20.1. The van der Waals surface area contributed by atoms with Crippen molar-refractivity contribution in [3.8, 4) is 11.5 Å². The first-order valence-corrected chi connectivity index (χ1v) is 11.0. The topological polar surface area (TPSA) is 80.9 Å². The first kappa shape index (κ1) is 14.2. The maximum absolute atomic E-state index is 16.0. The Hall–Kier alpha value is -3.04. The van der Waals surface area contributed by atoms with Crippen LogP contribution in [0.15, 0.2) is 36.4 Å². The molecule has 2 atom stereocenters. The highest BCUT2D eigenvalue weighted by molar-refractivity contribution is 5.95. The average Bonchev–Trinajstić information content (AvgIpc) is 3.25. The minimum absolute atomic E-state index is 0.264. The highest BCUT2D eigenvalue weighted by atomic mass is 19.3. The Kier molecular flexibility index (Phi) is 3.37. The van der Waals surface area contributed by atoms with Gasteiger partial charge in [0.1, 0.15) is 11.6 Å².